The number of aliphatic hydroxyl groups is 4. The van der Waals surface area contributed by atoms with Gasteiger partial charge in [0.15, 0.2) is 11.5 Å². The van der Waals surface area contributed by atoms with E-state index in [4.69, 9.17) is 26.2 Å². The highest BCUT2D eigenvalue weighted by atomic mass is 32.2. The molecule has 17 heteroatoms. The lowest BCUT2D eigenvalue weighted by molar-refractivity contribution is -0.143. The average molecular weight is 621 g/mol. The van der Waals surface area contributed by atoms with Crippen LogP contribution in [0.1, 0.15) is 46.0 Å². The Balaban J connectivity index is 0.000000666. The Morgan fingerprint density at radius 3 is 2.14 bits per heavy atom. The van der Waals surface area contributed by atoms with Gasteiger partial charge >= 0.3 is 11.9 Å². The van der Waals surface area contributed by atoms with Crippen molar-refractivity contribution in [2.45, 2.75) is 74.7 Å². The van der Waals surface area contributed by atoms with E-state index in [9.17, 15) is 39.0 Å². The molecule has 1 saturated heterocycles. The molecule has 5 atom stereocenters. The number of rotatable bonds is 16. The summed E-state index contributed by atoms with van der Waals surface area (Å²) in [7, 11) is 0. The van der Waals surface area contributed by atoms with Crippen LogP contribution in [0.25, 0.3) is 0 Å². The standard InChI is InChI=1S/C18H29N3O9S.C7H11NO3/c1-18(30)8-13(16(27)21(18)6-7-22)31-9-11(12(23)3-5-15(25)26)20-14(24)4-2-10(19)17(28)29;1-7(11)3-2-6(10)8(7)4-5-9/h10-11,13,22,30H,2-9,19H2,1H3,(H,20,24)(H,25,26)(H,28,29);2-3,9,11H,4-5H2,1H3/t10-,11-,13?,18?;/m0./s1. The fraction of sp³-hybridized carbons (Fsp3) is 0.680. The molecule has 0 radical (unpaired) electrons. The van der Waals surface area contributed by atoms with Gasteiger partial charge in [-0.15, -0.1) is 11.8 Å². The largest absolute Gasteiger partial charge is 0.481 e. The van der Waals surface area contributed by atoms with E-state index in [1.54, 1.807) is 0 Å². The number of ketones is 1. The highest BCUT2D eigenvalue weighted by Crippen LogP contribution is 2.34. The number of aliphatic hydroxyl groups excluding tert-OH is 2. The highest BCUT2D eigenvalue weighted by Gasteiger charge is 2.47. The number of carbonyl (C=O) groups is 6. The zero-order valence-corrected chi connectivity index (χ0v) is 24.3. The maximum Gasteiger partial charge on any atom is 0.320 e. The van der Waals surface area contributed by atoms with E-state index in [-0.39, 0.29) is 63.6 Å². The van der Waals surface area contributed by atoms with Crippen molar-refractivity contribution < 1.29 is 59.4 Å². The zero-order valence-electron chi connectivity index (χ0n) is 23.5. The number of carbonyl (C=O) groups excluding carboxylic acids is 4. The minimum absolute atomic E-state index is 0.0470. The van der Waals surface area contributed by atoms with Crippen LogP contribution in [-0.2, 0) is 28.8 Å². The number of nitrogens with two attached hydrogens (primary N) is 1. The summed E-state index contributed by atoms with van der Waals surface area (Å²) >= 11 is 1.03. The number of hydrogen-bond acceptors (Lipinski definition) is 12. The predicted octanol–water partition coefficient (Wildman–Crippen LogP) is -2.78. The molecular formula is C25H40N4O12S. The third kappa shape index (κ3) is 11.3. The monoisotopic (exact) mass is 620 g/mol. The van der Waals surface area contributed by atoms with Gasteiger partial charge in [-0.05, 0) is 26.3 Å². The molecule has 9 N–H and O–H groups in total. The SMILES string of the molecule is CC1(O)C=CC(=O)N1CCO.CC1(O)CC(SC[C@H](NC(=O)CC[C@H](N)C(=O)O)C(=O)CCC(=O)O)C(=O)N1CCO. The second kappa shape index (κ2) is 16.5. The molecule has 3 amide bonds. The molecule has 0 spiro atoms. The van der Waals surface area contributed by atoms with Gasteiger partial charge < -0.3 is 51.5 Å². The van der Waals surface area contributed by atoms with Gasteiger partial charge in [0.25, 0.3) is 0 Å². The summed E-state index contributed by atoms with van der Waals surface area (Å²) in [6.07, 6.45) is 1.60. The molecule has 2 aliphatic rings. The molecule has 0 aromatic rings. The molecule has 2 aliphatic heterocycles. The van der Waals surface area contributed by atoms with Crippen LogP contribution in [0.5, 0.6) is 0 Å². The first-order chi connectivity index (χ1) is 19.5. The second-order valence-electron chi connectivity index (χ2n) is 10.1. The third-order valence-corrected chi connectivity index (χ3v) is 7.77. The van der Waals surface area contributed by atoms with E-state index in [0.717, 1.165) is 16.7 Å². The van der Waals surface area contributed by atoms with Gasteiger partial charge in [-0.25, -0.2) is 0 Å². The van der Waals surface area contributed by atoms with Crippen molar-refractivity contribution in [3.8, 4) is 0 Å². The molecule has 0 aliphatic carbocycles. The predicted molar refractivity (Wildman–Crippen MR) is 148 cm³/mol. The summed E-state index contributed by atoms with van der Waals surface area (Å²) in [6.45, 7) is 2.59. The maximum absolute atomic E-state index is 12.5. The topological polar surface area (TPSA) is 268 Å². The first-order valence-electron chi connectivity index (χ1n) is 13.1. The minimum Gasteiger partial charge on any atom is -0.481 e. The van der Waals surface area contributed by atoms with Crippen molar-refractivity contribution in [3.05, 3.63) is 12.2 Å². The number of aliphatic carboxylic acids is 2. The van der Waals surface area contributed by atoms with Crippen molar-refractivity contribution >= 4 is 47.2 Å². The van der Waals surface area contributed by atoms with Crippen molar-refractivity contribution in [2.75, 3.05) is 32.1 Å². The highest BCUT2D eigenvalue weighted by molar-refractivity contribution is 8.00. The van der Waals surface area contributed by atoms with Gasteiger partial charge in [0, 0.05) is 44.2 Å². The molecule has 3 unspecified atom stereocenters. The average Bonchev–Trinajstić information content (AvgIpc) is 3.29. The lowest BCUT2D eigenvalue weighted by Gasteiger charge is -2.28. The molecule has 0 aromatic carbocycles. The maximum atomic E-state index is 12.5. The number of likely N-dealkylation sites (tertiary alicyclic amines) is 1. The van der Waals surface area contributed by atoms with Crippen molar-refractivity contribution in [2.24, 2.45) is 5.73 Å². The molecule has 42 heavy (non-hydrogen) atoms. The number of hydrogen-bond donors (Lipinski definition) is 8. The summed E-state index contributed by atoms with van der Waals surface area (Å²) in [6, 6.07) is -2.33. The van der Waals surface area contributed by atoms with Gasteiger partial charge in [-0.3, -0.25) is 28.8 Å². The van der Waals surface area contributed by atoms with Crippen molar-refractivity contribution in [1.29, 1.82) is 0 Å². The second-order valence-corrected chi connectivity index (χ2v) is 11.3. The molecule has 2 rings (SSSR count). The first-order valence-corrected chi connectivity index (χ1v) is 14.1. The molecule has 0 saturated carbocycles. The normalized spacial score (nSPS) is 24.7. The Hall–Kier alpha value is -3.09. The van der Waals surface area contributed by atoms with E-state index >= 15 is 0 Å². The van der Waals surface area contributed by atoms with Crippen molar-refractivity contribution in [1.82, 2.24) is 15.1 Å². The summed E-state index contributed by atoms with van der Waals surface area (Å²) < 4.78 is 0. The summed E-state index contributed by atoms with van der Waals surface area (Å²) in [5.41, 5.74) is 2.67. The summed E-state index contributed by atoms with van der Waals surface area (Å²) in [4.78, 5) is 71.8. The number of nitrogens with zero attached hydrogens (tertiary/aromatic N) is 2. The van der Waals surface area contributed by atoms with E-state index in [0.29, 0.717) is 0 Å². The van der Waals surface area contributed by atoms with E-state index in [1.807, 2.05) is 0 Å². The number of Topliss-reactive ketones (excluding diaryl/α,β-unsaturated/α-hetero) is 1. The van der Waals surface area contributed by atoms with Crippen LogP contribution in [0.2, 0.25) is 0 Å². The first kappa shape index (κ1) is 36.9. The Kier molecular flexibility index (Phi) is 14.5. The Labute approximate surface area is 246 Å². The van der Waals surface area contributed by atoms with E-state index in [2.05, 4.69) is 5.32 Å². The van der Waals surface area contributed by atoms with E-state index in [1.165, 1.54) is 30.9 Å². The Bertz CT molecular complexity index is 1030. The van der Waals surface area contributed by atoms with Crippen LogP contribution < -0.4 is 11.1 Å². The van der Waals surface area contributed by atoms with Gasteiger partial charge in [0.1, 0.15) is 11.8 Å². The van der Waals surface area contributed by atoms with Crippen LogP contribution in [0, 0.1) is 0 Å². The zero-order chi connectivity index (χ0) is 32.3. The van der Waals surface area contributed by atoms with Gasteiger partial charge in [-0.2, -0.15) is 0 Å². The molecule has 238 valence electrons. The molecule has 16 nitrogen and oxygen atoms in total. The van der Waals surface area contributed by atoms with Crippen molar-refractivity contribution in [3.63, 3.8) is 0 Å². The lowest BCUT2D eigenvalue weighted by Crippen LogP contribution is -2.45. The molecule has 0 bridgehead atoms. The van der Waals surface area contributed by atoms with Crippen LogP contribution >= 0.6 is 11.8 Å². The van der Waals surface area contributed by atoms with Gasteiger partial charge in [0.05, 0.1) is 30.9 Å². The lowest BCUT2D eigenvalue weighted by atomic mass is 10.1. The Morgan fingerprint density at radius 1 is 1.05 bits per heavy atom. The van der Waals surface area contributed by atoms with Crippen LogP contribution in [-0.4, -0.2) is 137 Å². The number of carboxylic acids is 2. The van der Waals surface area contributed by atoms with Crippen LogP contribution in [0.3, 0.4) is 0 Å². The number of nitrogens with one attached hydrogen (secondary N) is 1. The van der Waals surface area contributed by atoms with Gasteiger partial charge in [-0.1, -0.05) is 0 Å². The quantitative estimate of drug-likeness (QED) is 0.0867. The summed E-state index contributed by atoms with van der Waals surface area (Å²) in [5, 5.41) is 56.8. The molecular weight excluding hydrogens is 580 g/mol. The minimum atomic E-state index is -1.46. The van der Waals surface area contributed by atoms with Crippen LogP contribution in [0.15, 0.2) is 12.2 Å². The van der Waals surface area contributed by atoms with Crippen LogP contribution in [0.4, 0.5) is 0 Å². The number of β-amino-alcohol motifs (C(OH)–C–C–N with tert-alkyl or cyclic N) is 2. The fourth-order valence-electron chi connectivity index (χ4n) is 4.12. The van der Waals surface area contributed by atoms with E-state index < -0.39 is 64.7 Å². The smallest absolute Gasteiger partial charge is 0.320 e. The third-order valence-electron chi connectivity index (χ3n) is 6.47. The molecule has 1 fully saturated rings. The van der Waals surface area contributed by atoms with Gasteiger partial charge in [0.2, 0.25) is 17.7 Å². The molecule has 0 aromatic heterocycles. The molecule has 2 heterocycles. The fourth-order valence-corrected chi connectivity index (χ4v) is 5.52. The number of amides is 3. The number of thioether (sulfide) groups is 1. The Morgan fingerprint density at radius 2 is 1.64 bits per heavy atom. The summed E-state index contributed by atoms with van der Waals surface area (Å²) in [5.74, 6) is -4.34. The number of carboxylic acid groups (broad SMARTS) is 2.